The van der Waals surface area contributed by atoms with E-state index >= 15 is 0 Å². The molecule has 1 aromatic carbocycles. The summed E-state index contributed by atoms with van der Waals surface area (Å²) in [5, 5.41) is 3.41. The second kappa shape index (κ2) is 4.76. The smallest absolute Gasteiger partial charge is 0.340 e. The summed E-state index contributed by atoms with van der Waals surface area (Å²) < 4.78 is 4.91. The molecule has 1 N–H and O–H groups in total. The summed E-state index contributed by atoms with van der Waals surface area (Å²) >= 11 is 0. The predicted octanol–water partition coefficient (Wildman–Crippen LogP) is 2.89. The fourth-order valence-corrected chi connectivity index (χ4v) is 2.88. The Bertz CT molecular complexity index is 495. The largest absolute Gasteiger partial charge is 0.465 e. The fraction of sp³-hybridized carbons (Fsp3) is 0.533. The summed E-state index contributed by atoms with van der Waals surface area (Å²) in [6, 6.07) is 6.02. The Kier molecular flexibility index (Phi) is 3.43. The third-order valence-corrected chi connectivity index (χ3v) is 3.56. The van der Waals surface area contributed by atoms with E-state index in [1.54, 1.807) is 0 Å². The molecule has 1 aromatic rings. The summed E-state index contributed by atoms with van der Waals surface area (Å²) in [6.45, 7) is 9.49. The van der Waals surface area contributed by atoms with Crippen LogP contribution in [0.1, 0.15) is 38.1 Å². The normalized spacial score (nSPS) is 16.8. The van der Waals surface area contributed by atoms with Gasteiger partial charge in [-0.2, -0.15) is 0 Å². The average Bonchev–Trinajstić information content (AvgIpc) is 2.35. The molecule has 0 fully saturated rings. The van der Waals surface area contributed by atoms with Gasteiger partial charge in [0.25, 0.3) is 0 Å². The van der Waals surface area contributed by atoms with Crippen molar-refractivity contribution in [3.8, 4) is 0 Å². The van der Waals surface area contributed by atoms with Crippen LogP contribution in [-0.4, -0.2) is 31.2 Å². The van der Waals surface area contributed by atoms with E-state index < -0.39 is 0 Å². The maximum Gasteiger partial charge on any atom is 0.340 e. The lowest BCUT2D eigenvalue weighted by Gasteiger charge is -2.48. The zero-order valence-corrected chi connectivity index (χ0v) is 12.3. The number of anilines is 2. The lowest BCUT2D eigenvalue weighted by molar-refractivity contribution is 0.0601. The summed E-state index contributed by atoms with van der Waals surface area (Å²) in [5.74, 6) is -0.290. The first-order valence-electron chi connectivity index (χ1n) is 6.63. The van der Waals surface area contributed by atoms with Crippen LogP contribution in [0.2, 0.25) is 0 Å². The Morgan fingerprint density at radius 2 is 2.11 bits per heavy atom. The summed E-state index contributed by atoms with van der Waals surface area (Å²) in [7, 11) is 1.42. The van der Waals surface area contributed by atoms with Crippen LogP contribution in [0.15, 0.2) is 18.2 Å². The molecule has 0 amide bonds. The van der Waals surface area contributed by atoms with E-state index in [2.05, 4.69) is 37.9 Å². The van der Waals surface area contributed by atoms with Crippen LogP contribution in [0, 0.1) is 0 Å². The van der Waals surface area contributed by atoms with E-state index in [-0.39, 0.29) is 11.5 Å². The lowest BCUT2D eigenvalue weighted by atomic mass is 9.93. The number of carbonyl (C=O) groups is 1. The molecule has 0 saturated heterocycles. The molecule has 104 valence electrons. The van der Waals surface area contributed by atoms with Crippen LogP contribution in [0.25, 0.3) is 0 Å². The van der Waals surface area contributed by atoms with E-state index in [4.69, 9.17) is 4.74 Å². The van der Waals surface area contributed by atoms with Gasteiger partial charge in [-0.05, 0) is 39.8 Å². The molecule has 0 bridgehead atoms. The number of nitrogens with zero attached hydrogens (tertiary/aromatic N) is 1. The minimum Gasteiger partial charge on any atom is -0.465 e. The molecule has 0 spiro atoms. The van der Waals surface area contributed by atoms with E-state index in [0.717, 1.165) is 17.9 Å². The summed E-state index contributed by atoms with van der Waals surface area (Å²) in [6.07, 6.45) is 0. The molecule has 0 atom stereocenters. The van der Waals surface area contributed by atoms with Crippen molar-refractivity contribution in [1.82, 2.24) is 0 Å². The number of hydrogen-bond acceptors (Lipinski definition) is 4. The number of hydrogen-bond donors (Lipinski definition) is 1. The average molecular weight is 262 g/mol. The van der Waals surface area contributed by atoms with E-state index in [0.29, 0.717) is 11.6 Å². The van der Waals surface area contributed by atoms with Crippen molar-refractivity contribution in [2.75, 3.05) is 23.9 Å². The first-order chi connectivity index (χ1) is 8.88. The molecule has 0 unspecified atom stereocenters. The highest BCUT2D eigenvalue weighted by Crippen LogP contribution is 2.40. The first kappa shape index (κ1) is 13.7. The van der Waals surface area contributed by atoms with Crippen molar-refractivity contribution in [2.24, 2.45) is 0 Å². The van der Waals surface area contributed by atoms with E-state index in [1.807, 2.05) is 18.2 Å². The Labute approximate surface area is 114 Å². The lowest BCUT2D eigenvalue weighted by Crippen LogP contribution is -2.55. The van der Waals surface area contributed by atoms with Crippen molar-refractivity contribution in [3.05, 3.63) is 23.8 Å². The zero-order valence-electron chi connectivity index (χ0n) is 12.3. The van der Waals surface area contributed by atoms with Gasteiger partial charge in [0.15, 0.2) is 0 Å². The predicted molar refractivity (Wildman–Crippen MR) is 78.0 cm³/mol. The molecule has 0 aliphatic carbocycles. The maximum absolute atomic E-state index is 12.0. The molecule has 4 heteroatoms. The number of methoxy groups -OCH3 is 1. The minimum absolute atomic E-state index is 0.0503. The Hall–Kier alpha value is -1.71. The summed E-state index contributed by atoms with van der Waals surface area (Å²) in [5.41, 5.74) is 2.51. The van der Waals surface area contributed by atoms with Gasteiger partial charge in [0.1, 0.15) is 0 Å². The molecule has 0 saturated carbocycles. The van der Waals surface area contributed by atoms with Gasteiger partial charge in [0, 0.05) is 12.6 Å². The number of fused-ring (bicyclic) bond motifs is 1. The van der Waals surface area contributed by atoms with Crippen LogP contribution >= 0.6 is 0 Å². The molecule has 1 heterocycles. The fourth-order valence-electron chi connectivity index (χ4n) is 2.88. The molecule has 1 aliphatic heterocycles. The highest BCUT2D eigenvalue weighted by molar-refractivity contribution is 6.00. The molecule has 19 heavy (non-hydrogen) atoms. The van der Waals surface area contributed by atoms with Gasteiger partial charge in [-0.15, -0.1) is 0 Å². The van der Waals surface area contributed by atoms with Crippen molar-refractivity contribution in [3.63, 3.8) is 0 Å². The molecule has 0 radical (unpaired) electrons. The monoisotopic (exact) mass is 262 g/mol. The highest BCUT2D eigenvalue weighted by Gasteiger charge is 2.36. The number of carbonyl (C=O) groups excluding carboxylic acids is 1. The number of benzene rings is 1. The van der Waals surface area contributed by atoms with Gasteiger partial charge in [0.05, 0.1) is 29.6 Å². The van der Waals surface area contributed by atoms with Crippen molar-refractivity contribution >= 4 is 17.3 Å². The van der Waals surface area contributed by atoms with Gasteiger partial charge in [-0.1, -0.05) is 6.07 Å². The first-order valence-corrected chi connectivity index (χ1v) is 6.63. The standard InChI is InChI=1S/C15H22N2O2/c1-10(2)17-13-11(14(18)19-5)7-6-8-12(13)16-9-15(17,3)4/h6-8,10,16H,9H2,1-5H3. The van der Waals surface area contributed by atoms with Gasteiger partial charge in [-0.25, -0.2) is 4.79 Å². The molecule has 0 aromatic heterocycles. The Balaban J connectivity index is 2.63. The van der Waals surface area contributed by atoms with Crippen LogP contribution in [0.3, 0.4) is 0 Å². The number of rotatable bonds is 2. The molecule has 4 nitrogen and oxygen atoms in total. The molecule has 2 rings (SSSR count). The van der Waals surface area contributed by atoms with Crippen LogP contribution in [-0.2, 0) is 4.74 Å². The van der Waals surface area contributed by atoms with Crippen molar-refractivity contribution in [2.45, 2.75) is 39.3 Å². The SMILES string of the molecule is COC(=O)c1cccc2c1N(C(C)C)C(C)(C)CN2. The van der Waals surface area contributed by atoms with Gasteiger partial charge < -0.3 is 15.0 Å². The molecular weight excluding hydrogens is 240 g/mol. The third kappa shape index (κ3) is 2.27. The number of para-hydroxylation sites is 1. The van der Waals surface area contributed by atoms with Crippen molar-refractivity contribution < 1.29 is 9.53 Å². The van der Waals surface area contributed by atoms with E-state index in [1.165, 1.54) is 7.11 Å². The topological polar surface area (TPSA) is 41.6 Å². The number of ether oxygens (including phenoxy) is 1. The van der Waals surface area contributed by atoms with Gasteiger partial charge in [0.2, 0.25) is 0 Å². The van der Waals surface area contributed by atoms with Crippen molar-refractivity contribution in [1.29, 1.82) is 0 Å². The van der Waals surface area contributed by atoms with Crippen LogP contribution in [0.5, 0.6) is 0 Å². The second-order valence-corrected chi connectivity index (χ2v) is 5.82. The van der Waals surface area contributed by atoms with Gasteiger partial charge >= 0.3 is 5.97 Å². The molecular formula is C15H22N2O2. The number of nitrogens with one attached hydrogen (secondary N) is 1. The minimum atomic E-state index is -0.290. The third-order valence-electron chi connectivity index (χ3n) is 3.56. The Morgan fingerprint density at radius 1 is 1.42 bits per heavy atom. The summed E-state index contributed by atoms with van der Waals surface area (Å²) in [4.78, 5) is 14.3. The second-order valence-electron chi connectivity index (χ2n) is 5.82. The highest BCUT2D eigenvalue weighted by atomic mass is 16.5. The van der Waals surface area contributed by atoms with E-state index in [9.17, 15) is 4.79 Å². The molecule has 1 aliphatic rings. The quantitative estimate of drug-likeness (QED) is 0.832. The maximum atomic E-state index is 12.0. The number of esters is 1. The zero-order chi connectivity index (χ0) is 14.2. The van der Waals surface area contributed by atoms with Crippen LogP contribution < -0.4 is 10.2 Å². The Morgan fingerprint density at radius 3 is 2.68 bits per heavy atom. The van der Waals surface area contributed by atoms with Gasteiger partial charge in [-0.3, -0.25) is 0 Å². The van der Waals surface area contributed by atoms with Crippen LogP contribution in [0.4, 0.5) is 11.4 Å².